The molecule has 1 fully saturated rings. The van der Waals surface area contributed by atoms with Crippen LogP contribution in [-0.2, 0) is 17.6 Å². The lowest BCUT2D eigenvalue weighted by Gasteiger charge is -2.25. The number of rotatable bonds is 3. The molecular formula is C19H23N3O2. The van der Waals surface area contributed by atoms with Crippen molar-refractivity contribution in [3.8, 4) is 5.75 Å². The summed E-state index contributed by atoms with van der Waals surface area (Å²) in [5, 5.41) is 7.35. The number of aromatic amines is 1. The summed E-state index contributed by atoms with van der Waals surface area (Å²) >= 11 is 0. The SMILES string of the molecule is Cc1n[nH]c(C)c1C1CCCN1C(=O)Cc1ccc2c(c1)CCO2. The van der Waals surface area contributed by atoms with Gasteiger partial charge in [0.2, 0.25) is 5.91 Å². The molecule has 1 atom stereocenters. The normalized spacial score (nSPS) is 19.4. The summed E-state index contributed by atoms with van der Waals surface area (Å²) in [7, 11) is 0. The number of benzene rings is 1. The van der Waals surface area contributed by atoms with Crippen molar-refractivity contribution in [2.24, 2.45) is 0 Å². The second-order valence-corrected chi connectivity index (χ2v) is 6.81. The van der Waals surface area contributed by atoms with Crippen LogP contribution in [0, 0.1) is 13.8 Å². The Labute approximate surface area is 142 Å². The fraction of sp³-hybridized carbons (Fsp3) is 0.474. The van der Waals surface area contributed by atoms with Crippen LogP contribution in [0.5, 0.6) is 5.75 Å². The minimum atomic E-state index is 0.161. The highest BCUT2D eigenvalue weighted by Crippen LogP contribution is 2.35. The zero-order valence-electron chi connectivity index (χ0n) is 14.3. The average Bonchev–Trinajstić information content (AvgIpc) is 3.27. The Morgan fingerprint density at radius 2 is 2.29 bits per heavy atom. The first kappa shape index (κ1) is 15.2. The van der Waals surface area contributed by atoms with Crippen LogP contribution >= 0.6 is 0 Å². The van der Waals surface area contributed by atoms with Crippen molar-refractivity contribution in [3.63, 3.8) is 0 Å². The lowest BCUT2D eigenvalue weighted by molar-refractivity contribution is -0.131. The van der Waals surface area contributed by atoms with Gasteiger partial charge in [-0.25, -0.2) is 0 Å². The van der Waals surface area contributed by atoms with E-state index >= 15 is 0 Å². The van der Waals surface area contributed by atoms with E-state index in [1.807, 2.05) is 30.9 Å². The number of ether oxygens (including phenoxy) is 1. The highest BCUT2D eigenvalue weighted by molar-refractivity contribution is 5.79. The van der Waals surface area contributed by atoms with Crippen LogP contribution in [-0.4, -0.2) is 34.2 Å². The number of nitrogens with one attached hydrogen (secondary N) is 1. The Balaban J connectivity index is 1.53. The summed E-state index contributed by atoms with van der Waals surface area (Å²) in [4.78, 5) is 14.9. The summed E-state index contributed by atoms with van der Waals surface area (Å²) in [6, 6.07) is 6.30. The van der Waals surface area contributed by atoms with Crippen LogP contribution in [0.4, 0.5) is 0 Å². The maximum Gasteiger partial charge on any atom is 0.227 e. The van der Waals surface area contributed by atoms with Gasteiger partial charge in [-0.3, -0.25) is 9.89 Å². The molecule has 1 saturated heterocycles. The summed E-state index contributed by atoms with van der Waals surface area (Å²) < 4.78 is 5.54. The first-order valence-corrected chi connectivity index (χ1v) is 8.69. The first-order chi connectivity index (χ1) is 11.6. The monoisotopic (exact) mass is 325 g/mol. The van der Waals surface area contributed by atoms with Crippen LogP contribution in [0.2, 0.25) is 0 Å². The molecule has 24 heavy (non-hydrogen) atoms. The number of carbonyl (C=O) groups excluding carboxylic acids is 1. The second kappa shape index (κ2) is 5.96. The fourth-order valence-electron chi connectivity index (χ4n) is 4.04. The van der Waals surface area contributed by atoms with E-state index in [9.17, 15) is 4.79 Å². The predicted octanol–water partition coefficient (Wildman–Crippen LogP) is 2.87. The molecule has 5 nitrogen and oxygen atoms in total. The highest BCUT2D eigenvalue weighted by Gasteiger charge is 2.32. The number of hydrogen-bond donors (Lipinski definition) is 1. The Morgan fingerprint density at radius 3 is 3.08 bits per heavy atom. The Bertz CT molecular complexity index is 761. The van der Waals surface area contributed by atoms with Crippen molar-refractivity contribution < 1.29 is 9.53 Å². The summed E-state index contributed by atoms with van der Waals surface area (Å²) in [6.07, 6.45) is 3.47. The Kier molecular flexibility index (Phi) is 3.79. The molecule has 1 aromatic carbocycles. The highest BCUT2D eigenvalue weighted by atomic mass is 16.5. The van der Waals surface area contributed by atoms with E-state index < -0.39 is 0 Å². The third-order valence-corrected chi connectivity index (χ3v) is 5.20. The van der Waals surface area contributed by atoms with Crippen molar-refractivity contribution in [1.29, 1.82) is 0 Å². The maximum absolute atomic E-state index is 12.9. The molecule has 1 aromatic heterocycles. The molecular weight excluding hydrogens is 302 g/mol. The molecule has 2 aromatic rings. The average molecular weight is 325 g/mol. The van der Waals surface area contributed by atoms with Crippen LogP contribution < -0.4 is 4.74 Å². The number of carbonyl (C=O) groups is 1. The molecule has 0 spiro atoms. The summed E-state index contributed by atoms with van der Waals surface area (Å²) in [5.41, 5.74) is 5.58. The molecule has 3 heterocycles. The van der Waals surface area contributed by atoms with Gasteiger partial charge in [0.05, 0.1) is 24.8 Å². The molecule has 4 rings (SSSR count). The number of nitrogens with zero attached hydrogens (tertiary/aromatic N) is 2. The van der Waals surface area contributed by atoms with Crippen molar-refractivity contribution >= 4 is 5.91 Å². The van der Waals surface area contributed by atoms with Crippen molar-refractivity contribution in [3.05, 3.63) is 46.3 Å². The van der Waals surface area contributed by atoms with Gasteiger partial charge in [0, 0.05) is 24.2 Å². The number of aryl methyl sites for hydroxylation is 2. The van der Waals surface area contributed by atoms with Crippen LogP contribution in [0.25, 0.3) is 0 Å². The standard InChI is InChI=1S/C19H23N3O2/c1-12-19(13(2)21-20-12)16-4-3-8-22(16)18(23)11-14-5-6-17-15(10-14)7-9-24-17/h5-6,10,16H,3-4,7-9,11H2,1-2H3,(H,20,21). The minimum Gasteiger partial charge on any atom is -0.493 e. The molecule has 5 heteroatoms. The van der Waals surface area contributed by atoms with Gasteiger partial charge < -0.3 is 9.64 Å². The van der Waals surface area contributed by atoms with E-state index in [-0.39, 0.29) is 11.9 Å². The number of likely N-dealkylation sites (tertiary alicyclic amines) is 1. The number of hydrogen-bond acceptors (Lipinski definition) is 3. The molecule has 2 aliphatic rings. The largest absolute Gasteiger partial charge is 0.493 e. The molecule has 126 valence electrons. The number of aromatic nitrogens is 2. The molecule has 0 aliphatic carbocycles. The van der Waals surface area contributed by atoms with E-state index in [1.165, 1.54) is 11.1 Å². The zero-order chi connectivity index (χ0) is 16.7. The van der Waals surface area contributed by atoms with Gasteiger partial charge in [-0.1, -0.05) is 12.1 Å². The van der Waals surface area contributed by atoms with E-state index in [4.69, 9.17) is 4.74 Å². The summed E-state index contributed by atoms with van der Waals surface area (Å²) in [6.45, 7) is 5.64. The molecule has 1 unspecified atom stereocenters. The zero-order valence-corrected chi connectivity index (χ0v) is 14.3. The van der Waals surface area contributed by atoms with Gasteiger partial charge in [-0.05, 0) is 43.9 Å². The van der Waals surface area contributed by atoms with E-state index in [0.29, 0.717) is 6.42 Å². The Morgan fingerprint density at radius 1 is 1.42 bits per heavy atom. The van der Waals surface area contributed by atoms with E-state index in [0.717, 1.165) is 55.1 Å². The quantitative estimate of drug-likeness (QED) is 0.944. The third kappa shape index (κ3) is 2.58. The van der Waals surface area contributed by atoms with Gasteiger partial charge in [0.15, 0.2) is 0 Å². The van der Waals surface area contributed by atoms with Crippen molar-refractivity contribution in [2.75, 3.05) is 13.2 Å². The van der Waals surface area contributed by atoms with Gasteiger partial charge >= 0.3 is 0 Å². The summed E-state index contributed by atoms with van der Waals surface area (Å²) in [5.74, 6) is 1.17. The molecule has 1 N–H and O–H groups in total. The smallest absolute Gasteiger partial charge is 0.227 e. The minimum absolute atomic E-state index is 0.161. The third-order valence-electron chi connectivity index (χ3n) is 5.20. The van der Waals surface area contributed by atoms with Crippen molar-refractivity contribution in [2.45, 2.75) is 45.6 Å². The van der Waals surface area contributed by atoms with Gasteiger partial charge in [-0.2, -0.15) is 5.10 Å². The lowest BCUT2D eigenvalue weighted by atomic mass is 10.0. The molecule has 0 bridgehead atoms. The Hall–Kier alpha value is -2.30. The van der Waals surface area contributed by atoms with Crippen LogP contribution in [0.1, 0.15) is 47.0 Å². The number of H-pyrrole nitrogens is 1. The molecule has 0 saturated carbocycles. The van der Waals surface area contributed by atoms with Crippen molar-refractivity contribution in [1.82, 2.24) is 15.1 Å². The van der Waals surface area contributed by atoms with Gasteiger partial charge in [0.1, 0.15) is 5.75 Å². The van der Waals surface area contributed by atoms with Crippen LogP contribution in [0.15, 0.2) is 18.2 Å². The molecule has 2 aliphatic heterocycles. The predicted molar refractivity (Wildman–Crippen MR) is 91.1 cm³/mol. The van der Waals surface area contributed by atoms with E-state index in [2.05, 4.69) is 16.3 Å². The molecule has 0 radical (unpaired) electrons. The van der Waals surface area contributed by atoms with Gasteiger partial charge in [-0.15, -0.1) is 0 Å². The topological polar surface area (TPSA) is 58.2 Å². The van der Waals surface area contributed by atoms with Gasteiger partial charge in [0.25, 0.3) is 0 Å². The first-order valence-electron chi connectivity index (χ1n) is 8.69. The van der Waals surface area contributed by atoms with Crippen LogP contribution in [0.3, 0.4) is 0 Å². The lowest BCUT2D eigenvalue weighted by Crippen LogP contribution is -2.32. The number of fused-ring (bicyclic) bond motifs is 1. The van der Waals surface area contributed by atoms with E-state index in [1.54, 1.807) is 0 Å². The fourth-order valence-corrected chi connectivity index (χ4v) is 4.04. The second-order valence-electron chi connectivity index (χ2n) is 6.81. The maximum atomic E-state index is 12.9. The molecule has 1 amide bonds. The number of amides is 1.